The lowest BCUT2D eigenvalue weighted by molar-refractivity contribution is -0.135. The molecule has 0 N–H and O–H groups in total. The fourth-order valence-corrected chi connectivity index (χ4v) is 4.87. The summed E-state index contributed by atoms with van der Waals surface area (Å²) in [5.41, 5.74) is 4.99. The van der Waals surface area contributed by atoms with Gasteiger partial charge in [-0.2, -0.15) is 5.10 Å². The number of aromatic nitrogens is 2. The number of amides is 1. The van der Waals surface area contributed by atoms with E-state index in [1.807, 2.05) is 35.0 Å². The Labute approximate surface area is 189 Å². The molecule has 1 aromatic heterocycles. The quantitative estimate of drug-likeness (QED) is 0.624. The smallest absolute Gasteiger partial charge is 0.237 e. The van der Waals surface area contributed by atoms with E-state index in [2.05, 4.69) is 58.5 Å². The van der Waals surface area contributed by atoms with Gasteiger partial charge in [0.2, 0.25) is 5.91 Å². The minimum atomic E-state index is 0.0509. The van der Waals surface area contributed by atoms with Crippen LogP contribution in [0.2, 0.25) is 0 Å². The van der Waals surface area contributed by atoms with E-state index >= 15 is 0 Å². The van der Waals surface area contributed by atoms with Crippen molar-refractivity contribution in [1.29, 1.82) is 0 Å². The van der Waals surface area contributed by atoms with Crippen LogP contribution in [0.25, 0.3) is 0 Å². The molecule has 6 nitrogen and oxygen atoms in total. The Morgan fingerprint density at radius 3 is 2.72 bits per heavy atom. The van der Waals surface area contributed by atoms with Crippen LogP contribution in [0.3, 0.4) is 0 Å². The number of carbonyl (C=O) groups is 1. The minimum absolute atomic E-state index is 0.0509. The third-order valence-electron chi connectivity index (χ3n) is 6.48. The number of nitrogens with zero attached hydrogens (tertiary/aromatic N) is 4. The summed E-state index contributed by atoms with van der Waals surface area (Å²) < 4.78 is 7.87. The van der Waals surface area contributed by atoms with Gasteiger partial charge in [-0.15, -0.1) is 0 Å². The van der Waals surface area contributed by atoms with E-state index in [1.165, 1.54) is 16.7 Å². The Bertz CT molecular complexity index is 1060. The van der Waals surface area contributed by atoms with Crippen molar-refractivity contribution in [3.8, 4) is 0 Å². The van der Waals surface area contributed by atoms with E-state index in [0.717, 1.165) is 25.2 Å². The van der Waals surface area contributed by atoms with Crippen LogP contribution in [0.1, 0.15) is 28.2 Å². The second kappa shape index (κ2) is 9.27. The van der Waals surface area contributed by atoms with Crippen molar-refractivity contribution < 1.29 is 9.53 Å². The standard InChI is InChI=1S/C26H30N4O2/c1-20-13-27-30(14-20)17-23-16-28(11-12-32-23)19-26(31)29-15-22-9-5-6-10-24(22)25(18-29)21-7-3-2-4-8-21/h2-10,13-14,23,25H,11-12,15-19H2,1H3. The number of aryl methyl sites for hydroxylation is 1. The molecule has 2 aromatic carbocycles. The van der Waals surface area contributed by atoms with Crippen molar-refractivity contribution in [3.63, 3.8) is 0 Å². The molecule has 32 heavy (non-hydrogen) atoms. The molecule has 1 amide bonds. The first-order valence-corrected chi connectivity index (χ1v) is 11.4. The van der Waals surface area contributed by atoms with Crippen LogP contribution in [0.5, 0.6) is 0 Å². The highest BCUT2D eigenvalue weighted by atomic mass is 16.5. The summed E-state index contributed by atoms with van der Waals surface area (Å²) in [7, 11) is 0. The van der Waals surface area contributed by atoms with E-state index < -0.39 is 0 Å². The second-order valence-corrected chi connectivity index (χ2v) is 8.90. The lowest BCUT2D eigenvalue weighted by Crippen LogP contribution is -2.50. The van der Waals surface area contributed by atoms with Gasteiger partial charge >= 0.3 is 0 Å². The molecule has 5 rings (SSSR count). The fourth-order valence-electron chi connectivity index (χ4n) is 4.87. The number of morpholine rings is 1. The number of rotatable bonds is 5. The third-order valence-corrected chi connectivity index (χ3v) is 6.48. The number of fused-ring (bicyclic) bond motifs is 1. The highest BCUT2D eigenvalue weighted by Gasteiger charge is 2.31. The predicted molar refractivity (Wildman–Crippen MR) is 123 cm³/mol. The maximum Gasteiger partial charge on any atom is 0.237 e. The maximum atomic E-state index is 13.3. The maximum absolute atomic E-state index is 13.3. The average molecular weight is 431 g/mol. The SMILES string of the molecule is Cc1cnn(CC2CN(CC(=O)N3Cc4ccccc4C(c4ccccc4)C3)CCO2)c1. The molecule has 0 saturated carbocycles. The van der Waals surface area contributed by atoms with Crippen molar-refractivity contribution in [2.24, 2.45) is 0 Å². The van der Waals surface area contributed by atoms with E-state index in [1.54, 1.807) is 0 Å². The van der Waals surface area contributed by atoms with Gasteiger partial charge in [0.15, 0.2) is 0 Å². The van der Waals surface area contributed by atoms with Gasteiger partial charge in [0.1, 0.15) is 0 Å². The Morgan fingerprint density at radius 2 is 1.91 bits per heavy atom. The van der Waals surface area contributed by atoms with E-state index in [4.69, 9.17) is 4.74 Å². The summed E-state index contributed by atoms with van der Waals surface area (Å²) in [4.78, 5) is 17.6. The Hall–Kier alpha value is -2.96. The minimum Gasteiger partial charge on any atom is -0.374 e. The molecule has 1 fully saturated rings. The topological polar surface area (TPSA) is 50.6 Å². The van der Waals surface area contributed by atoms with E-state index in [-0.39, 0.29) is 17.9 Å². The molecule has 2 unspecified atom stereocenters. The largest absolute Gasteiger partial charge is 0.374 e. The van der Waals surface area contributed by atoms with Crippen LogP contribution in [-0.4, -0.2) is 64.4 Å². The first-order valence-electron chi connectivity index (χ1n) is 11.4. The molecule has 2 aliphatic rings. The number of hydrogen-bond donors (Lipinski definition) is 0. The molecule has 1 saturated heterocycles. The first-order chi connectivity index (χ1) is 15.7. The summed E-state index contributed by atoms with van der Waals surface area (Å²) in [5, 5.41) is 4.37. The first kappa shape index (κ1) is 20.9. The summed E-state index contributed by atoms with van der Waals surface area (Å²) in [6, 6.07) is 19.1. The molecule has 3 aromatic rings. The van der Waals surface area contributed by atoms with Crippen LogP contribution >= 0.6 is 0 Å². The van der Waals surface area contributed by atoms with Gasteiger partial charge in [0.25, 0.3) is 0 Å². The molecule has 0 radical (unpaired) electrons. The van der Waals surface area contributed by atoms with Crippen molar-refractivity contribution in [2.45, 2.75) is 32.0 Å². The lowest BCUT2D eigenvalue weighted by atomic mass is 9.84. The summed E-state index contributed by atoms with van der Waals surface area (Å²) in [5.74, 6) is 0.404. The molecule has 0 bridgehead atoms. The highest BCUT2D eigenvalue weighted by Crippen LogP contribution is 2.33. The van der Waals surface area contributed by atoms with E-state index in [9.17, 15) is 4.79 Å². The van der Waals surface area contributed by atoms with Crippen LogP contribution in [0, 0.1) is 6.92 Å². The number of benzene rings is 2. The molecular formula is C26H30N4O2. The molecule has 0 aliphatic carbocycles. The van der Waals surface area contributed by atoms with Crippen LogP contribution in [-0.2, 0) is 22.6 Å². The zero-order chi connectivity index (χ0) is 21.9. The predicted octanol–water partition coefficient (Wildman–Crippen LogP) is 3.07. The van der Waals surface area contributed by atoms with Gasteiger partial charge in [0, 0.05) is 38.3 Å². The Balaban J connectivity index is 1.26. The zero-order valence-electron chi connectivity index (χ0n) is 18.6. The molecular weight excluding hydrogens is 400 g/mol. The van der Waals surface area contributed by atoms with Crippen LogP contribution < -0.4 is 0 Å². The Kier molecular flexibility index (Phi) is 6.06. The normalized spacial score (nSPS) is 21.3. The van der Waals surface area contributed by atoms with Gasteiger partial charge in [-0.1, -0.05) is 54.6 Å². The summed E-state index contributed by atoms with van der Waals surface area (Å²) in [6.45, 7) is 6.76. The number of ether oxygens (including phenoxy) is 1. The zero-order valence-corrected chi connectivity index (χ0v) is 18.6. The van der Waals surface area contributed by atoms with Crippen molar-refractivity contribution in [3.05, 3.63) is 89.2 Å². The molecule has 0 spiro atoms. The number of hydrogen-bond acceptors (Lipinski definition) is 4. The summed E-state index contributed by atoms with van der Waals surface area (Å²) in [6.07, 6.45) is 3.94. The summed E-state index contributed by atoms with van der Waals surface area (Å²) >= 11 is 0. The molecule has 3 heterocycles. The molecule has 6 heteroatoms. The second-order valence-electron chi connectivity index (χ2n) is 8.90. The van der Waals surface area contributed by atoms with E-state index in [0.29, 0.717) is 26.2 Å². The van der Waals surface area contributed by atoms with Gasteiger partial charge < -0.3 is 9.64 Å². The fraction of sp³-hybridized carbons (Fsp3) is 0.385. The molecule has 166 valence electrons. The molecule has 2 atom stereocenters. The third kappa shape index (κ3) is 4.61. The van der Waals surface area contributed by atoms with Crippen LogP contribution in [0.15, 0.2) is 67.0 Å². The lowest BCUT2D eigenvalue weighted by Gasteiger charge is -2.37. The van der Waals surface area contributed by atoms with Gasteiger partial charge in [-0.05, 0) is 29.2 Å². The van der Waals surface area contributed by atoms with Crippen LogP contribution in [0.4, 0.5) is 0 Å². The number of carbonyl (C=O) groups excluding carboxylic acids is 1. The Morgan fingerprint density at radius 1 is 1.09 bits per heavy atom. The molecule has 2 aliphatic heterocycles. The van der Waals surface area contributed by atoms with Gasteiger partial charge in [-0.25, -0.2) is 0 Å². The van der Waals surface area contributed by atoms with Gasteiger partial charge in [-0.3, -0.25) is 14.4 Å². The van der Waals surface area contributed by atoms with Gasteiger partial charge in [0.05, 0.1) is 32.0 Å². The monoisotopic (exact) mass is 430 g/mol. The van der Waals surface area contributed by atoms with Crippen molar-refractivity contribution in [2.75, 3.05) is 32.8 Å². The highest BCUT2D eigenvalue weighted by molar-refractivity contribution is 5.79. The average Bonchev–Trinajstić information content (AvgIpc) is 3.23. The van der Waals surface area contributed by atoms with Crippen molar-refractivity contribution in [1.82, 2.24) is 19.6 Å². The van der Waals surface area contributed by atoms with Crippen molar-refractivity contribution >= 4 is 5.91 Å².